The molecule has 86 valence electrons. The highest BCUT2D eigenvalue weighted by molar-refractivity contribution is 9.10. The van der Waals surface area contributed by atoms with Gasteiger partial charge in [-0.25, -0.2) is 0 Å². The van der Waals surface area contributed by atoms with Gasteiger partial charge in [-0.3, -0.25) is 14.9 Å². The predicted molar refractivity (Wildman–Crippen MR) is 51.2 cm³/mol. The first-order chi connectivity index (χ1) is 7.29. The molecule has 0 aliphatic heterocycles. The summed E-state index contributed by atoms with van der Waals surface area (Å²) in [6, 6.07) is 1.37. The Morgan fingerprint density at radius 3 is 2.31 bits per heavy atom. The summed E-state index contributed by atoms with van der Waals surface area (Å²) in [5.74, 6) is 0. The van der Waals surface area contributed by atoms with Crippen LogP contribution < -0.4 is 0 Å². The summed E-state index contributed by atoms with van der Waals surface area (Å²) < 4.78 is 36.4. The molecule has 0 saturated carbocycles. The first kappa shape index (κ1) is 12.6. The Morgan fingerprint density at radius 2 is 1.94 bits per heavy atom. The number of nitrogens with zero attached hydrogens (tertiary/aromatic N) is 1. The molecule has 0 aliphatic rings. The maximum absolute atomic E-state index is 12.4. The lowest BCUT2D eigenvalue weighted by Gasteiger charge is -2.09. The van der Waals surface area contributed by atoms with E-state index in [1.807, 2.05) is 0 Å². The molecule has 0 N–H and O–H groups in total. The van der Waals surface area contributed by atoms with Gasteiger partial charge >= 0.3 is 6.18 Å². The van der Waals surface area contributed by atoms with Crippen LogP contribution in [0.2, 0.25) is 0 Å². The quantitative estimate of drug-likeness (QED) is 0.478. The molecule has 0 amide bonds. The second-order valence-electron chi connectivity index (χ2n) is 2.74. The standard InChI is InChI=1S/C8H3BrF3NO3/c9-6-5(8(10,11)12)2-1-4(3-14)7(6)13(15)16/h1-3H. The Labute approximate surface area is 95.3 Å². The van der Waals surface area contributed by atoms with Gasteiger partial charge in [0.1, 0.15) is 4.47 Å². The molecule has 0 bridgehead atoms. The summed E-state index contributed by atoms with van der Waals surface area (Å²) in [5.41, 5.74) is -2.49. The lowest BCUT2D eigenvalue weighted by molar-refractivity contribution is -0.386. The molecule has 0 fully saturated rings. The number of carbonyl (C=O) groups is 1. The molecule has 8 heteroatoms. The Morgan fingerprint density at radius 1 is 1.38 bits per heavy atom. The smallest absolute Gasteiger partial charge is 0.298 e. The molecule has 1 aromatic carbocycles. The van der Waals surface area contributed by atoms with Gasteiger partial charge in [-0.1, -0.05) is 0 Å². The Kier molecular flexibility index (Phi) is 3.32. The molecule has 0 atom stereocenters. The van der Waals surface area contributed by atoms with E-state index in [2.05, 4.69) is 15.9 Å². The molecule has 0 radical (unpaired) electrons. The fraction of sp³-hybridized carbons (Fsp3) is 0.125. The summed E-state index contributed by atoms with van der Waals surface area (Å²) in [7, 11) is 0. The fourth-order valence-electron chi connectivity index (χ4n) is 1.08. The van der Waals surface area contributed by atoms with E-state index in [1.165, 1.54) is 0 Å². The number of hydrogen-bond acceptors (Lipinski definition) is 3. The largest absolute Gasteiger partial charge is 0.417 e. The number of carbonyl (C=O) groups excluding carboxylic acids is 1. The monoisotopic (exact) mass is 297 g/mol. The number of aldehydes is 1. The third-order valence-corrected chi connectivity index (χ3v) is 2.57. The maximum atomic E-state index is 12.4. The second-order valence-corrected chi connectivity index (χ2v) is 3.53. The van der Waals surface area contributed by atoms with E-state index in [-0.39, 0.29) is 6.29 Å². The number of nitro benzene ring substituents is 1. The highest BCUT2D eigenvalue weighted by atomic mass is 79.9. The van der Waals surface area contributed by atoms with E-state index in [0.29, 0.717) is 6.07 Å². The predicted octanol–water partition coefficient (Wildman–Crippen LogP) is 3.19. The van der Waals surface area contributed by atoms with Crippen molar-refractivity contribution >= 4 is 27.9 Å². The van der Waals surface area contributed by atoms with Crippen molar-refractivity contribution in [2.45, 2.75) is 6.18 Å². The minimum atomic E-state index is -4.72. The Bertz CT molecular complexity index is 459. The minimum absolute atomic E-state index is 0.128. The molecule has 1 rings (SSSR count). The van der Waals surface area contributed by atoms with Gasteiger partial charge < -0.3 is 0 Å². The van der Waals surface area contributed by atoms with E-state index in [9.17, 15) is 28.1 Å². The average molecular weight is 298 g/mol. The van der Waals surface area contributed by atoms with Gasteiger partial charge in [-0.05, 0) is 28.1 Å². The van der Waals surface area contributed by atoms with Gasteiger partial charge in [0, 0.05) is 0 Å². The first-order valence-electron chi connectivity index (χ1n) is 3.78. The molecule has 16 heavy (non-hydrogen) atoms. The topological polar surface area (TPSA) is 60.2 Å². The molecule has 4 nitrogen and oxygen atoms in total. The van der Waals surface area contributed by atoms with Crippen LogP contribution in [-0.4, -0.2) is 11.2 Å². The average Bonchev–Trinajstić information content (AvgIpc) is 2.14. The van der Waals surface area contributed by atoms with Crippen molar-refractivity contribution in [2.75, 3.05) is 0 Å². The zero-order valence-corrected chi connectivity index (χ0v) is 9.00. The molecular weight excluding hydrogens is 295 g/mol. The van der Waals surface area contributed by atoms with Gasteiger partial charge in [0.05, 0.1) is 16.1 Å². The van der Waals surface area contributed by atoms with Gasteiger partial charge in [-0.15, -0.1) is 0 Å². The zero-order valence-electron chi connectivity index (χ0n) is 7.42. The van der Waals surface area contributed by atoms with Crippen molar-refractivity contribution in [3.63, 3.8) is 0 Å². The highest BCUT2D eigenvalue weighted by Crippen LogP contribution is 2.40. The van der Waals surface area contributed by atoms with Crippen molar-refractivity contribution in [3.05, 3.63) is 37.8 Å². The molecule has 0 unspecified atom stereocenters. The number of alkyl halides is 3. The van der Waals surface area contributed by atoms with Crippen LogP contribution in [-0.2, 0) is 6.18 Å². The number of rotatable bonds is 2. The normalized spacial score (nSPS) is 11.2. The van der Waals surface area contributed by atoms with Crippen LogP contribution in [0.5, 0.6) is 0 Å². The van der Waals surface area contributed by atoms with E-state index in [0.717, 1.165) is 6.07 Å². The Balaban J connectivity index is 3.56. The SMILES string of the molecule is O=Cc1ccc(C(F)(F)F)c(Br)c1[N+](=O)[O-]. The summed E-state index contributed by atoms with van der Waals surface area (Å²) in [5, 5.41) is 10.5. The lowest BCUT2D eigenvalue weighted by atomic mass is 10.1. The van der Waals surface area contributed by atoms with Gasteiger partial charge in [0.2, 0.25) is 0 Å². The van der Waals surface area contributed by atoms with Crippen molar-refractivity contribution < 1.29 is 22.9 Å². The van der Waals surface area contributed by atoms with Crippen LogP contribution in [0.15, 0.2) is 16.6 Å². The van der Waals surface area contributed by atoms with Gasteiger partial charge in [-0.2, -0.15) is 13.2 Å². The number of nitro groups is 1. The van der Waals surface area contributed by atoms with Crippen LogP contribution in [0, 0.1) is 10.1 Å². The third-order valence-electron chi connectivity index (χ3n) is 1.76. The number of hydrogen-bond donors (Lipinski definition) is 0. The summed E-state index contributed by atoms with van der Waals surface area (Å²) >= 11 is 2.49. The van der Waals surface area contributed by atoms with Crippen LogP contribution >= 0.6 is 15.9 Å². The van der Waals surface area contributed by atoms with Crippen LogP contribution in [0.1, 0.15) is 15.9 Å². The molecule has 0 aliphatic carbocycles. The summed E-state index contributed by atoms with van der Waals surface area (Å²) in [6.07, 6.45) is -4.59. The van der Waals surface area contributed by atoms with Crippen molar-refractivity contribution in [1.82, 2.24) is 0 Å². The van der Waals surface area contributed by atoms with Crippen LogP contribution in [0.25, 0.3) is 0 Å². The maximum Gasteiger partial charge on any atom is 0.417 e. The summed E-state index contributed by atoms with van der Waals surface area (Å²) in [6.45, 7) is 0. The van der Waals surface area contributed by atoms with Crippen molar-refractivity contribution in [2.24, 2.45) is 0 Å². The summed E-state index contributed by atoms with van der Waals surface area (Å²) in [4.78, 5) is 19.9. The van der Waals surface area contributed by atoms with Crippen molar-refractivity contribution in [1.29, 1.82) is 0 Å². The third kappa shape index (κ3) is 2.21. The molecule has 0 saturated heterocycles. The van der Waals surface area contributed by atoms with Crippen LogP contribution in [0.3, 0.4) is 0 Å². The Hall–Kier alpha value is -1.44. The number of benzene rings is 1. The van der Waals surface area contributed by atoms with E-state index >= 15 is 0 Å². The molecule has 0 aromatic heterocycles. The first-order valence-corrected chi connectivity index (χ1v) is 4.57. The molecule has 1 aromatic rings. The number of halogens is 4. The van der Waals surface area contributed by atoms with E-state index < -0.39 is 32.4 Å². The molecular formula is C8H3BrF3NO3. The van der Waals surface area contributed by atoms with Gasteiger partial charge in [0.25, 0.3) is 5.69 Å². The minimum Gasteiger partial charge on any atom is -0.298 e. The second kappa shape index (κ2) is 4.20. The molecule has 0 spiro atoms. The van der Waals surface area contributed by atoms with Crippen LogP contribution in [0.4, 0.5) is 18.9 Å². The zero-order chi connectivity index (χ0) is 12.5. The lowest BCUT2D eigenvalue weighted by Crippen LogP contribution is -2.08. The van der Waals surface area contributed by atoms with E-state index in [4.69, 9.17) is 0 Å². The van der Waals surface area contributed by atoms with Crippen molar-refractivity contribution in [3.8, 4) is 0 Å². The van der Waals surface area contributed by atoms with E-state index in [1.54, 1.807) is 0 Å². The highest BCUT2D eigenvalue weighted by Gasteiger charge is 2.37. The molecule has 0 heterocycles. The fourth-order valence-corrected chi connectivity index (χ4v) is 1.81. The van der Waals surface area contributed by atoms with Gasteiger partial charge in [0.15, 0.2) is 6.29 Å².